The maximum atomic E-state index is 12.1. The van der Waals surface area contributed by atoms with Gasteiger partial charge in [0.1, 0.15) is 16.7 Å². The minimum Gasteiger partial charge on any atom is -0.244 e. The molecule has 1 saturated carbocycles. The predicted octanol–water partition coefficient (Wildman–Crippen LogP) is 1.81. The maximum Gasteiger partial charge on any atom is 0.242 e. The van der Waals surface area contributed by atoms with Gasteiger partial charge in [-0.3, -0.25) is 0 Å². The van der Waals surface area contributed by atoms with Gasteiger partial charge < -0.3 is 0 Å². The van der Waals surface area contributed by atoms with Crippen LogP contribution in [0.2, 0.25) is 0 Å². The molecule has 0 aliphatic heterocycles. The van der Waals surface area contributed by atoms with E-state index in [2.05, 4.69) is 16.6 Å². The molecule has 0 saturated heterocycles. The highest BCUT2D eigenvalue weighted by atomic mass is 32.2. The Morgan fingerprint density at radius 1 is 1.32 bits per heavy atom. The van der Waals surface area contributed by atoms with E-state index >= 15 is 0 Å². The third kappa shape index (κ3) is 3.52. The van der Waals surface area contributed by atoms with Gasteiger partial charge in [-0.1, -0.05) is 6.92 Å². The standard InChI is InChI=1S/C13H17N3O2S/c1-10-2-4-11(5-3-10)16-19(17,18)13-7-6-12(8-14)15-9-13/h6-7,9-11,16H,2-5H2,1H3. The van der Waals surface area contributed by atoms with Crippen molar-refractivity contribution >= 4 is 10.0 Å². The van der Waals surface area contributed by atoms with E-state index in [1.807, 2.05) is 6.07 Å². The number of hydrogen-bond donors (Lipinski definition) is 1. The van der Waals surface area contributed by atoms with Crippen LogP contribution in [0, 0.1) is 17.2 Å². The summed E-state index contributed by atoms with van der Waals surface area (Å²) in [6.07, 6.45) is 5.10. The van der Waals surface area contributed by atoms with Crippen LogP contribution in [-0.2, 0) is 10.0 Å². The van der Waals surface area contributed by atoms with Crippen LogP contribution >= 0.6 is 0 Å². The predicted molar refractivity (Wildman–Crippen MR) is 70.7 cm³/mol. The Bertz CT molecular complexity index is 567. The average Bonchev–Trinajstić information content (AvgIpc) is 2.41. The topological polar surface area (TPSA) is 82.9 Å². The van der Waals surface area contributed by atoms with Crippen LogP contribution in [-0.4, -0.2) is 19.4 Å². The van der Waals surface area contributed by atoms with Crippen LogP contribution < -0.4 is 4.72 Å². The smallest absolute Gasteiger partial charge is 0.242 e. The Morgan fingerprint density at radius 3 is 2.53 bits per heavy atom. The van der Waals surface area contributed by atoms with Gasteiger partial charge in [-0.25, -0.2) is 18.1 Å². The maximum absolute atomic E-state index is 12.1. The average molecular weight is 279 g/mol. The molecular formula is C13H17N3O2S. The van der Waals surface area contributed by atoms with Gasteiger partial charge in [0.15, 0.2) is 0 Å². The molecule has 0 bridgehead atoms. The van der Waals surface area contributed by atoms with E-state index in [0.29, 0.717) is 5.92 Å². The zero-order chi connectivity index (χ0) is 13.9. The van der Waals surface area contributed by atoms with Crippen LogP contribution in [0.1, 0.15) is 38.3 Å². The lowest BCUT2D eigenvalue weighted by Crippen LogP contribution is -2.37. The van der Waals surface area contributed by atoms with E-state index in [-0.39, 0.29) is 16.6 Å². The van der Waals surface area contributed by atoms with Gasteiger partial charge in [-0.2, -0.15) is 5.26 Å². The number of hydrogen-bond acceptors (Lipinski definition) is 4. The Hall–Kier alpha value is -1.45. The van der Waals surface area contributed by atoms with Crippen molar-refractivity contribution in [3.8, 4) is 6.07 Å². The van der Waals surface area contributed by atoms with Gasteiger partial charge in [0.25, 0.3) is 0 Å². The fourth-order valence-corrected chi connectivity index (χ4v) is 3.52. The van der Waals surface area contributed by atoms with Crippen LogP contribution in [0.4, 0.5) is 0 Å². The van der Waals surface area contributed by atoms with E-state index in [1.54, 1.807) is 0 Å². The first-order valence-corrected chi connectivity index (χ1v) is 7.88. The molecule has 1 aromatic rings. The van der Waals surface area contributed by atoms with Crippen molar-refractivity contribution in [1.82, 2.24) is 9.71 Å². The van der Waals surface area contributed by atoms with Crippen molar-refractivity contribution in [3.05, 3.63) is 24.0 Å². The van der Waals surface area contributed by atoms with E-state index < -0.39 is 10.0 Å². The lowest BCUT2D eigenvalue weighted by atomic mass is 9.88. The third-order valence-electron chi connectivity index (χ3n) is 3.50. The molecule has 1 heterocycles. The van der Waals surface area contributed by atoms with Crippen molar-refractivity contribution in [2.45, 2.75) is 43.5 Å². The van der Waals surface area contributed by atoms with E-state index in [1.165, 1.54) is 18.3 Å². The first-order chi connectivity index (χ1) is 9.01. The molecule has 1 aliphatic carbocycles. The summed E-state index contributed by atoms with van der Waals surface area (Å²) in [5.41, 5.74) is 0.213. The first-order valence-electron chi connectivity index (χ1n) is 6.40. The molecule has 0 spiro atoms. The lowest BCUT2D eigenvalue weighted by molar-refractivity contribution is 0.332. The second-order valence-corrected chi connectivity index (χ2v) is 6.78. The SMILES string of the molecule is CC1CCC(NS(=O)(=O)c2ccc(C#N)nc2)CC1. The summed E-state index contributed by atoms with van der Waals surface area (Å²) < 4.78 is 27.0. The summed E-state index contributed by atoms with van der Waals surface area (Å²) in [6.45, 7) is 2.19. The summed E-state index contributed by atoms with van der Waals surface area (Å²) in [5.74, 6) is 0.678. The minimum atomic E-state index is -3.52. The van der Waals surface area contributed by atoms with Crippen LogP contribution in [0.25, 0.3) is 0 Å². The molecule has 1 aliphatic rings. The number of rotatable bonds is 3. The van der Waals surface area contributed by atoms with Crippen molar-refractivity contribution in [1.29, 1.82) is 5.26 Å². The first kappa shape index (κ1) is 14.0. The molecule has 0 aromatic carbocycles. The van der Waals surface area contributed by atoms with Gasteiger partial charge in [0.05, 0.1) is 0 Å². The molecule has 1 aromatic heterocycles. The summed E-state index contributed by atoms with van der Waals surface area (Å²) >= 11 is 0. The molecule has 0 unspecified atom stereocenters. The van der Waals surface area contributed by atoms with E-state index in [9.17, 15) is 8.42 Å². The molecule has 6 heteroatoms. The van der Waals surface area contributed by atoms with Crippen LogP contribution in [0.5, 0.6) is 0 Å². The Labute approximate surface area is 113 Å². The fourth-order valence-electron chi connectivity index (χ4n) is 2.27. The highest BCUT2D eigenvalue weighted by Gasteiger charge is 2.24. The van der Waals surface area contributed by atoms with E-state index in [0.717, 1.165) is 25.7 Å². The molecular weight excluding hydrogens is 262 g/mol. The van der Waals surface area contributed by atoms with Gasteiger partial charge in [-0.15, -0.1) is 0 Å². The molecule has 5 nitrogen and oxygen atoms in total. The highest BCUT2D eigenvalue weighted by molar-refractivity contribution is 7.89. The summed E-state index contributed by atoms with van der Waals surface area (Å²) in [4.78, 5) is 3.90. The quantitative estimate of drug-likeness (QED) is 0.914. The number of pyridine rings is 1. The van der Waals surface area contributed by atoms with Gasteiger partial charge in [0.2, 0.25) is 10.0 Å². The van der Waals surface area contributed by atoms with Crippen molar-refractivity contribution in [2.75, 3.05) is 0 Å². The highest BCUT2D eigenvalue weighted by Crippen LogP contribution is 2.24. The molecule has 19 heavy (non-hydrogen) atoms. The minimum absolute atomic E-state index is 0.0110. The number of nitriles is 1. The molecule has 0 amide bonds. The van der Waals surface area contributed by atoms with Crippen molar-refractivity contribution in [3.63, 3.8) is 0 Å². The second-order valence-electron chi connectivity index (χ2n) is 5.07. The zero-order valence-electron chi connectivity index (χ0n) is 10.8. The molecule has 2 rings (SSSR count). The largest absolute Gasteiger partial charge is 0.244 e. The van der Waals surface area contributed by atoms with Gasteiger partial charge in [-0.05, 0) is 43.7 Å². The summed E-state index contributed by atoms with van der Waals surface area (Å²) in [7, 11) is -3.52. The zero-order valence-corrected chi connectivity index (χ0v) is 11.7. The van der Waals surface area contributed by atoms with Gasteiger partial charge >= 0.3 is 0 Å². The lowest BCUT2D eigenvalue weighted by Gasteiger charge is -2.26. The van der Waals surface area contributed by atoms with E-state index in [4.69, 9.17) is 5.26 Å². The number of nitrogens with one attached hydrogen (secondary N) is 1. The molecule has 1 fully saturated rings. The monoisotopic (exact) mass is 279 g/mol. The van der Waals surface area contributed by atoms with Gasteiger partial charge in [0, 0.05) is 12.2 Å². The normalized spacial score (nSPS) is 23.8. The Balaban J connectivity index is 2.07. The number of nitrogens with zero attached hydrogens (tertiary/aromatic N) is 2. The Morgan fingerprint density at radius 2 is 2.00 bits per heavy atom. The van der Waals surface area contributed by atoms with Crippen molar-refractivity contribution < 1.29 is 8.42 Å². The van der Waals surface area contributed by atoms with Crippen LogP contribution in [0.15, 0.2) is 23.2 Å². The number of sulfonamides is 1. The van der Waals surface area contributed by atoms with Crippen molar-refractivity contribution in [2.24, 2.45) is 5.92 Å². The molecule has 0 radical (unpaired) electrons. The summed E-state index contributed by atoms with van der Waals surface area (Å²) in [5, 5.41) is 8.64. The molecule has 102 valence electrons. The Kier molecular flexibility index (Phi) is 4.17. The number of aromatic nitrogens is 1. The second kappa shape index (κ2) is 5.68. The molecule has 0 atom stereocenters. The third-order valence-corrected chi connectivity index (χ3v) is 5.00. The fraction of sp³-hybridized carbons (Fsp3) is 0.538. The van der Waals surface area contributed by atoms with Crippen LogP contribution in [0.3, 0.4) is 0 Å². The summed E-state index contributed by atoms with van der Waals surface area (Å²) in [6, 6.07) is 4.71. The molecule has 1 N–H and O–H groups in total.